The van der Waals surface area contributed by atoms with Crippen molar-refractivity contribution < 1.29 is 13.2 Å². The van der Waals surface area contributed by atoms with Crippen LogP contribution in [0.3, 0.4) is 0 Å². The van der Waals surface area contributed by atoms with Crippen LogP contribution in [-0.2, 0) is 14.8 Å². The molecule has 0 spiro atoms. The van der Waals surface area contributed by atoms with Gasteiger partial charge in [0, 0.05) is 30.2 Å². The number of nitrogens with one attached hydrogen (secondary N) is 3. The number of hydrogen-bond acceptors (Lipinski definition) is 4. The Bertz CT molecular complexity index is 1200. The number of aromatic nitrogens is 1. The van der Waals surface area contributed by atoms with E-state index in [1.807, 2.05) is 32.0 Å². The number of amides is 1. The summed E-state index contributed by atoms with van der Waals surface area (Å²) in [5, 5.41) is 3.36. The lowest BCUT2D eigenvalue weighted by Crippen LogP contribution is -2.27. The lowest BCUT2D eigenvalue weighted by Gasteiger charge is -2.09. The van der Waals surface area contributed by atoms with Crippen LogP contribution in [0.2, 0.25) is 0 Å². The fourth-order valence-corrected chi connectivity index (χ4v) is 3.79. The van der Waals surface area contributed by atoms with Gasteiger partial charge in [-0.2, -0.15) is 0 Å². The summed E-state index contributed by atoms with van der Waals surface area (Å²) in [7, 11) is -3.76. The Morgan fingerprint density at radius 3 is 2.54 bits per heavy atom. The number of aromatic amines is 1. The van der Waals surface area contributed by atoms with E-state index in [-0.39, 0.29) is 29.3 Å². The minimum atomic E-state index is -3.76. The van der Waals surface area contributed by atoms with Gasteiger partial charge in [0.15, 0.2) is 0 Å². The van der Waals surface area contributed by atoms with Crippen molar-refractivity contribution in [3.8, 4) is 0 Å². The minimum Gasteiger partial charge on any atom is -0.326 e. The summed E-state index contributed by atoms with van der Waals surface area (Å²) in [6.07, 6.45) is 0.00700. The highest BCUT2D eigenvalue weighted by molar-refractivity contribution is 7.89. The van der Waals surface area contributed by atoms with Crippen molar-refractivity contribution in [3.05, 3.63) is 70.0 Å². The SMILES string of the molecule is Cc1ccc(NC(=O)CCNS(=O)(=O)c2ccc3[nH]c(=O)ccc3c2)cc1C. The quantitative estimate of drug-likeness (QED) is 0.592. The molecule has 1 amide bonds. The minimum absolute atomic E-state index is 0.00700. The van der Waals surface area contributed by atoms with Crippen LogP contribution in [0.1, 0.15) is 17.5 Å². The summed E-state index contributed by atoms with van der Waals surface area (Å²) < 4.78 is 27.3. The van der Waals surface area contributed by atoms with Crippen molar-refractivity contribution in [2.24, 2.45) is 0 Å². The summed E-state index contributed by atoms with van der Waals surface area (Å²) in [4.78, 5) is 26.1. The van der Waals surface area contributed by atoms with Gasteiger partial charge in [-0.05, 0) is 66.8 Å². The van der Waals surface area contributed by atoms with Crippen LogP contribution >= 0.6 is 0 Å². The maximum atomic E-state index is 12.4. The molecule has 146 valence electrons. The number of sulfonamides is 1. The van der Waals surface area contributed by atoms with Crippen molar-refractivity contribution >= 4 is 32.5 Å². The van der Waals surface area contributed by atoms with Crippen LogP contribution in [-0.4, -0.2) is 25.9 Å². The average Bonchev–Trinajstić information content (AvgIpc) is 2.64. The van der Waals surface area contributed by atoms with Gasteiger partial charge in [-0.25, -0.2) is 13.1 Å². The van der Waals surface area contributed by atoms with Crippen molar-refractivity contribution in [2.45, 2.75) is 25.2 Å². The molecule has 0 atom stereocenters. The molecule has 0 fully saturated rings. The molecule has 28 heavy (non-hydrogen) atoms. The monoisotopic (exact) mass is 399 g/mol. The summed E-state index contributed by atoms with van der Waals surface area (Å²) in [5.41, 5.74) is 3.18. The molecule has 8 heteroatoms. The number of fused-ring (bicyclic) bond motifs is 1. The molecule has 0 aliphatic carbocycles. The summed E-state index contributed by atoms with van der Waals surface area (Å²) in [6, 6.07) is 12.9. The highest BCUT2D eigenvalue weighted by atomic mass is 32.2. The third-order valence-corrected chi connectivity index (χ3v) is 5.90. The number of benzene rings is 2. The maximum absolute atomic E-state index is 12.4. The first-order valence-electron chi connectivity index (χ1n) is 8.74. The van der Waals surface area contributed by atoms with E-state index in [4.69, 9.17) is 0 Å². The zero-order valence-electron chi connectivity index (χ0n) is 15.6. The van der Waals surface area contributed by atoms with E-state index in [0.717, 1.165) is 11.1 Å². The molecule has 3 N–H and O–H groups in total. The number of H-pyrrole nitrogens is 1. The fourth-order valence-electron chi connectivity index (χ4n) is 2.72. The van der Waals surface area contributed by atoms with Gasteiger partial charge in [0.25, 0.3) is 0 Å². The molecule has 0 aliphatic heterocycles. The molecule has 0 aliphatic rings. The molecule has 0 unspecified atom stereocenters. The standard InChI is InChI=1S/C20H21N3O4S/c1-13-3-5-16(11-14(13)2)22-20(25)9-10-21-28(26,27)17-6-7-18-15(12-17)4-8-19(24)23-18/h3-8,11-12,21H,9-10H2,1-2H3,(H,22,25)(H,23,24). The van der Waals surface area contributed by atoms with Crippen molar-refractivity contribution in [1.29, 1.82) is 0 Å². The smallest absolute Gasteiger partial charge is 0.248 e. The number of aryl methyl sites for hydroxylation is 2. The topological polar surface area (TPSA) is 108 Å². The first-order valence-corrected chi connectivity index (χ1v) is 10.2. The first-order chi connectivity index (χ1) is 13.2. The Morgan fingerprint density at radius 2 is 1.79 bits per heavy atom. The van der Waals surface area contributed by atoms with E-state index >= 15 is 0 Å². The molecule has 3 rings (SSSR count). The molecule has 1 heterocycles. The van der Waals surface area contributed by atoms with Crippen LogP contribution in [0.4, 0.5) is 5.69 Å². The lowest BCUT2D eigenvalue weighted by molar-refractivity contribution is -0.116. The largest absolute Gasteiger partial charge is 0.326 e. The third-order valence-electron chi connectivity index (χ3n) is 4.44. The van der Waals surface area contributed by atoms with E-state index in [0.29, 0.717) is 16.6 Å². The molecule has 0 radical (unpaired) electrons. The molecule has 0 bridgehead atoms. The zero-order valence-corrected chi connectivity index (χ0v) is 16.4. The number of rotatable bonds is 6. The molecular weight excluding hydrogens is 378 g/mol. The normalized spacial score (nSPS) is 11.5. The van der Waals surface area contributed by atoms with E-state index < -0.39 is 10.0 Å². The van der Waals surface area contributed by atoms with Gasteiger partial charge >= 0.3 is 0 Å². The Balaban J connectivity index is 1.61. The van der Waals surface area contributed by atoms with Crippen molar-refractivity contribution in [1.82, 2.24) is 9.71 Å². The second-order valence-corrected chi connectivity index (χ2v) is 8.33. The third kappa shape index (κ3) is 4.65. The van der Waals surface area contributed by atoms with Crippen LogP contribution in [0.5, 0.6) is 0 Å². The van der Waals surface area contributed by atoms with Gasteiger partial charge < -0.3 is 10.3 Å². The number of hydrogen-bond donors (Lipinski definition) is 3. The van der Waals surface area contributed by atoms with Crippen LogP contribution in [0.25, 0.3) is 10.9 Å². The molecule has 2 aromatic carbocycles. The molecule has 3 aromatic rings. The van der Waals surface area contributed by atoms with E-state index in [2.05, 4.69) is 15.0 Å². The van der Waals surface area contributed by atoms with E-state index in [1.54, 1.807) is 6.07 Å². The Kier molecular flexibility index (Phi) is 5.62. The van der Waals surface area contributed by atoms with Gasteiger partial charge in [0.1, 0.15) is 0 Å². The number of carbonyl (C=O) groups is 1. The lowest BCUT2D eigenvalue weighted by atomic mass is 10.1. The van der Waals surface area contributed by atoms with Gasteiger partial charge in [0.2, 0.25) is 21.5 Å². The predicted molar refractivity (Wildman–Crippen MR) is 109 cm³/mol. The summed E-state index contributed by atoms with van der Waals surface area (Å²) >= 11 is 0. The van der Waals surface area contributed by atoms with Gasteiger partial charge in [-0.15, -0.1) is 0 Å². The van der Waals surface area contributed by atoms with Crippen LogP contribution < -0.4 is 15.6 Å². The van der Waals surface area contributed by atoms with Gasteiger partial charge in [0.05, 0.1) is 4.90 Å². The van der Waals surface area contributed by atoms with Gasteiger partial charge in [-0.3, -0.25) is 9.59 Å². The fraction of sp³-hybridized carbons (Fsp3) is 0.200. The van der Waals surface area contributed by atoms with Crippen LogP contribution in [0, 0.1) is 13.8 Å². The summed E-state index contributed by atoms with van der Waals surface area (Å²) in [6.45, 7) is 3.92. The second-order valence-electron chi connectivity index (χ2n) is 6.57. The predicted octanol–water partition coefficient (Wildman–Crippen LogP) is 2.45. The Labute approximate surface area is 162 Å². The molecule has 0 saturated carbocycles. The highest BCUT2D eigenvalue weighted by Crippen LogP contribution is 2.17. The summed E-state index contributed by atoms with van der Waals surface area (Å²) in [5.74, 6) is -0.276. The Morgan fingerprint density at radius 1 is 1.00 bits per heavy atom. The maximum Gasteiger partial charge on any atom is 0.248 e. The van der Waals surface area contributed by atoms with E-state index in [9.17, 15) is 18.0 Å². The van der Waals surface area contributed by atoms with Crippen molar-refractivity contribution in [3.63, 3.8) is 0 Å². The Hall–Kier alpha value is -2.97. The van der Waals surface area contributed by atoms with Crippen LogP contribution in [0.15, 0.2) is 58.2 Å². The number of pyridine rings is 1. The average molecular weight is 399 g/mol. The first kappa shape index (κ1) is 19.8. The number of anilines is 1. The molecule has 1 aromatic heterocycles. The highest BCUT2D eigenvalue weighted by Gasteiger charge is 2.15. The van der Waals surface area contributed by atoms with Gasteiger partial charge in [-0.1, -0.05) is 6.07 Å². The molecule has 0 saturated heterocycles. The second kappa shape index (κ2) is 7.95. The van der Waals surface area contributed by atoms with E-state index in [1.165, 1.54) is 24.3 Å². The molecule has 7 nitrogen and oxygen atoms in total. The van der Waals surface area contributed by atoms with Crippen molar-refractivity contribution in [2.75, 3.05) is 11.9 Å². The molecular formula is C20H21N3O4S. The zero-order chi connectivity index (χ0) is 20.3. The number of carbonyl (C=O) groups excluding carboxylic acids is 1.